The summed E-state index contributed by atoms with van der Waals surface area (Å²) >= 11 is 0. The molecule has 2 rings (SSSR count). The molecule has 0 aromatic heterocycles. The lowest BCUT2D eigenvalue weighted by Gasteiger charge is -2.32. The Balaban J connectivity index is 1.81. The number of ether oxygens (including phenoxy) is 2. The van der Waals surface area contributed by atoms with Gasteiger partial charge in [0, 0.05) is 19.6 Å². The highest BCUT2D eigenvalue weighted by molar-refractivity contribution is 5.23. The molecule has 1 heterocycles. The van der Waals surface area contributed by atoms with Gasteiger partial charge in [0.2, 0.25) is 0 Å². The van der Waals surface area contributed by atoms with Crippen molar-refractivity contribution < 1.29 is 19.0 Å². The van der Waals surface area contributed by atoms with Crippen molar-refractivity contribution in [2.24, 2.45) is 0 Å². The van der Waals surface area contributed by atoms with E-state index in [1.807, 2.05) is 0 Å². The van der Waals surface area contributed by atoms with Gasteiger partial charge in [-0.1, -0.05) is 12.1 Å². The number of halogens is 1. The molecule has 0 saturated carbocycles. The Bertz CT molecular complexity index is 373. The molecule has 1 aromatic rings. The molecule has 0 amide bonds. The third-order valence-electron chi connectivity index (χ3n) is 2.90. The molecule has 1 atom stereocenters. The monoisotopic (exact) mass is 255 g/mol. The first kappa shape index (κ1) is 13.3. The van der Waals surface area contributed by atoms with Gasteiger partial charge < -0.3 is 14.6 Å². The number of morpholine rings is 1. The summed E-state index contributed by atoms with van der Waals surface area (Å²) in [5.74, 6) is -0.110. The topological polar surface area (TPSA) is 41.9 Å². The van der Waals surface area contributed by atoms with Crippen LogP contribution in [-0.4, -0.2) is 55.6 Å². The first-order chi connectivity index (χ1) is 8.79. The first-order valence-corrected chi connectivity index (χ1v) is 6.11. The SMILES string of the molecule is OCCN1CCO[C@@H](COc2ccccc2F)C1. The molecule has 0 bridgehead atoms. The average molecular weight is 255 g/mol. The van der Waals surface area contributed by atoms with Crippen LogP contribution >= 0.6 is 0 Å². The predicted molar refractivity (Wildman–Crippen MR) is 65.2 cm³/mol. The average Bonchev–Trinajstić information content (AvgIpc) is 2.39. The highest BCUT2D eigenvalue weighted by Gasteiger charge is 2.20. The van der Waals surface area contributed by atoms with Crippen LogP contribution in [0.2, 0.25) is 0 Å². The Morgan fingerprint density at radius 1 is 1.44 bits per heavy atom. The molecule has 5 heteroatoms. The Kier molecular flexibility index (Phi) is 4.92. The zero-order chi connectivity index (χ0) is 12.8. The van der Waals surface area contributed by atoms with Crippen molar-refractivity contribution in [1.82, 2.24) is 4.90 Å². The van der Waals surface area contributed by atoms with Crippen LogP contribution in [0.1, 0.15) is 0 Å². The molecule has 1 fully saturated rings. The highest BCUT2D eigenvalue weighted by Crippen LogP contribution is 2.16. The van der Waals surface area contributed by atoms with Crippen LogP contribution in [0.25, 0.3) is 0 Å². The van der Waals surface area contributed by atoms with E-state index in [0.29, 0.717) is 26.3 Å². The second-order valence-electron chi connectivity index (χ2n) is 4.26. The Labute approximate surface area is 106 Å². The molecule has 4 nitrogen and oxygen atoms in total. The minimum Gasteiger partial charge on any atom is -0.488 e. The van der Waals surface area contributed by atoms with Crippen LogP contribution in [0.15, 0.2) is 24.3 Å². The molecule has 0 aliphatic carbocycles. The van der Waals surface area contributed by atoms with Crippen molar-refractivity contribution in [3.05, 3.63) is 30.1 Å². The third-order valence-corrected chi connectivity index (χ3v) is 2.90. The molecule has 1 N–H and O–H groups in total. The summed E-state index contributed by atoms with van der Waals surface area (Å²) < 4.78 is 24.3. The molecule has 18 heavy (non-hydrogen) atoms. The van der Waals surface area contributed by atoms with Gasteiger partial charge in [-0.2, -0.15) is 0 Å². The van der Waals surface area contributed by atoms with E-state index in [0.717, 1.165) is 6.54 Å². The van der Waals surface area contributed by atoms with Gasteiger partial charge in [0.05, 0.1) is 13.2 Å². The standard InChI is InChI=1S/C13H18FNO3/c14-12-3-1-2-4-13(12)18-10-11-9-15(5-7-16)6-8-17-11/h1-4,11,16H,5-10H2/t11-/m1/s1. The van der Waals surface area contributed by atoms with E-state index in [2.05, 4.69) is 4.90 Å². The zero-order valence-electron chi connectivity index (χ0n) is 10.2. The van der Waals surface area contributed by atoms with Crippen molar-refractivity contribution in [3.63, 3.8) is 0 Å². The van der Waals surface area contributed by atoms with E-state index in [-0.39, 0.29) is 24.3 Å². The van der Waals surface area contributed by atoms with Gasteiger partial charge in [-0.05, 0) is 12.1 Å². The zero-order valence-corrected chi connectivity index (χ0v) is 10.2. The van der Waals surface area contributed by atoms with Gasteiger partial charge in [-0.25, -0.2) is 4.39 Å². The molecule has 100 valence electrons. The molecule has 0 spiro atoms. The van der Waals surface area contributed by atoms with Gasteiger partial charge in [0.25, 0.3) is 0 Å². The van der Waals surface area contributed by atoms with E-state index in [4.69, 9.17) is 14.6 Å². The minimum atomic E-state index is -0.361. The number of benzene rings is 1. The molecular weight excluding hydrogens is 237 g/mol. The van der Waals surface area contributed by atoms with Crippen molar-refractivity contribution in [2.75, 3.05) is 39.5 Å². The predicted octanol–water partition coefficient (Wildman–Crippen LogP) is 0.898. The van der Waals surface area contributed by atoms with Gasteiger partial charge in [-0.3, -0.25) is 4.90 Å². The molecule has 0 unspecified atom stereocenters. The lowest BCUT2D eigenvalue weighted by Crippen LogP contribution is -2.45. The largest absolute Gasteiger partial charge is 0.488 e. The fraction of sp³-hybridized carbons (Fsp3) is 0.538. The van der Waals surface area contributed by atoms with E-state index in [9.17, 15) is 4.39 Å². The quantitative estimate of drug-likeness (QED) is 0.848. The number of β-amino-alcohol motifs (C(OH)–C–C–N with tert-alkyl or cyclic N) is 1. The highest BCUT2D eigenvalue weighted by atomic mass is 19.1. The van der Waals surface area contributed by atoms with Crippen LogP contribution < -0.4 is 4.74 Å². The number of hydrogen-bond donors (Lipinski definition) is 1. The van der Waals surface area contributed by atoms with Crippen molar-refractivity contribution in [3.8, 4) is 5.75 Å². The number of hydrogen-bond acceptors (Lipinski definition) is 4. The normalized spacial score (nSPS) is 20.9. The molecule has 1 saturated heterocycles. The number of aliphatic hydroxyl groups excluding tert-OH is 1. The molecule has 1 aliphatic heterocycles. The van der Waals surface area contributed by atoms with Crippen LogP contribution in [-0.2, 0) is 4.74 Å². The lowest BCUT2D eigenvalue weighted by molar-refractivity contribution is -0.0512. The van der Waals surface area contributed by atoms with E-state index in [1.54, 1.807) is 18.2 Å². The smallest absolute Gasteiger partial charge is 0.165 e. The summed E-state index contributed by atoms with van der Waals surface area (Å²) in [6, 6.07) is 6.33. The van der Waals surface area contributed by atoms with Gasteiger partial charge in [-0.15, -0.1) is 0 Å². The van der Waals surface area contributed by atoms with Crippen molar-refractivity contribution in [2.45, 2.75) is 6.10 Å². The van der Waals surface area contributed by atoms with Crippen molar-refractivity contribution >= 4 is 0 Å². The fourth-order valence-corrected chi connectivity index (χ4v) is 1.97. The lowest BCUT2D eigenvalue weighted by atomic mass is 10.3. The van der Waals surface area contributed by atoms with Crippen LogP contribution in [0.3, 0.4) is 0 Å². The summed E-state index contributed by atoms with van der Waals surface area (Å²) in [7, 11) is 0. The van der Waals surface area contributed by atoms with E-state index in [1.165, 1.54) is 6.07 Å². The molecular formula is C13H18FNO3. The van der Waals surface area contributed by atoms with Gasteiger partial charge in [0.1, 0.15) is 12.7 Å². The van der Waals surface area contributed by atoms with E-state index < -0.39 is 0 Å². The number of rotatable bonds is 5. The maximum atomic E-state index is 13.3. The number of para-hydroxylation sites is 1. The van der Waals surface area contributed by atoms with Crippen LogP contribution in [0, 0.1) is 5.82 Å². The van der Waals surface area contributed by atoms with Gasteiger partial charge >= 0.3 is 0 Å². The summed E-state index contributed by atoms with van der Waals surface area (Å²) in [6.45, 7) is 3.24. The first-order valence-electron chi connectivity index (χ1n) is 6.11. The summed E-state index contributed by atoms with van der Waals surface area (Å²) in [6.07, 6.45) is -0.0788. The minimum absolute atomic E-state index is 0.0788. The van der Waals surface area contributed by atoms with E-state index >= 15 is 0 Å². The third kappa shape index (κ3) is 3.66. The van der Waals surface area contributed by atoms with Crippen LogP contribution in [0.4, 0.5) is 4.39 Å². The molecule has 1 aromatic carbocycles. The maximum absolute atomic E-state index is 13.3. The van der Waals surface area contributed by atoms with Crippen LogP contribution in [0.5, 0.6) is 5.75 Å². The number of aliphatic hydroxyl groups is 1. The van der Waals surface area contributed by atoms with Gasteiger partial charge in [0.15, 0.2) is 11.6 Å². The number of nitrogens with zero attached hydrogens (tertiary/aromatic N) is 1. The van der Waals surface area contributed by atoms with Crippen molar-refractivity contribution in [1.29, 1.82) is 0 Å². The molecule has 1 aliphatic rings. The second-order valence-corrected chi connectivity index (χ2v) is 4.26. The Morgan fingerprint density at radius 2 is 2.28 bits per heavy atom. The fourth-order valence-electron chi connectivity index (χ4n) is 1.97. The summed E-state index contributed by atoms with van der Waals surface area (Å²) in [5.41, 5.74) is 0. The summed E-state index contributed by atoms with van der Waals surface area (Å²) in [4.78, 5) is 2.11. The molecule has 0 radical (unpaired) electrons. The summed E-state index contributed by atoms with van der Waals surface area (Å²) in [5, 5.41) is 8.89. The maximum Gasteiger partial charge on any atom is 0.165 e. The second kappa shape index (κ2) is 6.68. The Hall–Kier alpha value is -1.17. The Morgan fingerprint density at radius 3 is 3.06 bits per heavy atom.